The van der Waals surface area contributed by atoms with E-state index in [2.05, 4.69) is 34.7 Å². The third kappa shape index (κ3) is 2.92. The van der Waals surface area contributed by atoms with Crippen molar-refractivity contribution < 1.29 is 9.90 Å². The first-order chi connectivity index (χ1) is 13.7. The van der Waals surface area contributed by atoms with Crippen LogP contribution < -0.4 is 0 Å². The molecule has 0 saturated heterocycles. The minimum atomic E-state index is -0.874. The number of aryl methyl sites for hydroxylation is 2. The number of hydrogen-bond donors (Lipinski definition) is 1. The van der Waals surface area contributed by atoms with Crippen LogP contribution in [-0.2, 0) is 25.8 Å². The summed E-state index contributed by atoms with van der Waals surface area (Å²) in [6.45, 7) is 3.21. The molecule has 0 unspecified atom stereocenters. The largest absolute Gasteiger partial charge is 0.478 e. The van der Waals surface area contributed by atoms with Crippen LogP contribution in [-0.4, -0.2) is 20.6 Å². The highest BCUT2D eigenvalue weighted by molar-refractivity contribution is 5.90. The zero-order valence-corrected chi connectivity index (χ0v) is 16.4. The molecule has 0 spiro atoms. The van der Waals surface area contributed by atoms with E-state index in [1.807, 2.05) is 12.3 Å². The fourth-order valence-electron chi connectivity index (χ4n) is 4.82. The van der Waals surface area contributed by atoms with E-state index in [1.165, 1.54) is 41.4 Å². The number of hydrogen-bond acceptors (Lipinski definition) is 2. The minimum absolute atomic E-state index is 0.359. The fraction of sp³-hybridized carbons (Fsp3) is 0.417. The number of pyridine rings is 1. The van der Waals surface area contributed by atoms with E-state index in [-0.39, 0.29) is 0 Å². The van der Waals surface area contributed by atoms with Crippen molar-refractivity contribution in [2.24, 2.45) is 0 Å². The predicted molar refractivity (Wildman–Crippen MR) is 110 cm³/mol. The van der Waals surface area contributed by atoms with Gasteiger partial charge in [0.1, 0.15) is 0 Å². The molecule has 0 bridgehead atoms. The Balaban J connectivity index is 1.54. The molecule has 2 aliphatic carbocycles. The van der Waals surface area contributed by atoms with Gasteiger partial charge in [-0.15, -0.1) is 0 Å². The molecular formula is C24H26N2O2. The lowest BCUT2D eigenvalue weighted by Crippen LogP contribution is -2.07. The quantitative estimate of drug-likeness (QED) is 0.676. The fourth-order valence-corrected chi connectivity index (χ4v) is 4.82. The van der Waals surface area contributed by atoms with Crippen LogP contribution in [0, 0.1) is 0 Å². The van der Waals surface area contributed by atoms with Crippen LogP contribution in [0.3, 0.4) is 0 Å². The van der Waals surface area contributed by atoms with E-state index in [0.717, 1.165) is 36.9 Å². The Morgan fingerprint density at radius 1 is 1.21 bits per heavy atom. The van der Waals surface area contributed by atoms with Gasteiger partial charge in [0.25, 0.3) is 0 Å². The van der Waals surface area contributed by atoms with E-state index >= 15 is 0 Å². The Morgan fingerprint density at radius 3 is 2.79 bits per heavy atom. The zero-order valence-electron chi connectivity index (χ0n) is 16.4. The second-order valence-corrected chi connectivity index (χ2v) is 8.25. The molecule has 4 nitrogen and oxygen atoms in total. The molecule has 3 aromatic rings. The zero-order chi connectivity index (χ0) is 19.3. The van der Waals surface area contributed by atoms with Gasteiger partial charge in [-0.3, -0.25) is 4.98 Å². The lowest BCUT2D eigenvalue weighted by Gasteiger charge is -2.14. The first-order valence-electron chi connectivity index (χ1n) is 10.5. The topological polar surface area (TPSA) is 55.1 Å². The number of benzene rings is 1. The standard InChI is InChI=1S/C24H26N2O2/c1-2-26-22-6-4-3-5-18(22)19-11-15(7-10-23(19)26)12-21-20(24(27)28)13-17(14-25-21)16-8-9-16/h7,10-11,13-14,16H,2-6,8-9,12H2,1H3,(H,27,28). The second kappa shape index (κ2) is 6.77. The number of fused-ring (bicyclic) bond motifs is 3. The molecule has 144 valence electrons. The maximum absolute atomic E-state index is 11.8. The lowest BCUT2D eigenvalue weighted by molar-refractivity contribution is 0.0695. The van der Waals surface area contributed by atoms with Gasteiger partial charge in [-0.05, 0) is 86.3 Å². The van der Waals surface area contributed by atoms with E-state index in [4.69, 9.17) is 0 Å². The van der Waals surface area contributed by atoms with Gasteiger partial charge in [0.15, 0.2) is 0 Å². The van der Waals surface area contributed by atoms with Crippen LogP contribution >= 0.6 is 0 Å². The highest BCUT2D eigenvalue weighted by Crippen LogP contribution is 2.40. The van der Waals surface area contributed by atoms with Gasteiger partial charge in [0.05, 0.1) is 11.3 Å². The number of nitrogens with zero attached hydrogens (tertiary/aromatic N) is 2. The van der Waals surface area contributed by atoms with Crippen molar-refractivity contribution in [2.45, 2.75) is 64.3 Å². The predicted octanol–water partition coefficient (Wildman–Crippen LogP) is 5.10. The minimum Gasteiger partial charge on any atom is -0.478 e. The summed E-state index contributed by atoms with van der Waals surface area (Å²) in [6.07, 6.45) is 9.59. The smallest absolute Gasteiger partial charge is 0.337 e. The molecule has 28 heavy (non-hydrogen) atoms. The molecule has 0 atom stereocenters. The summed E-state index contributed by atoms with van der Waals surface area (Å²) < 4.78 is 2.46. The summed E-state index contributed by atoms with van der Waals surface area (Å²) >= 11 is 0. The Hall–Kier alpha value is -2.62. The highest BCUT2D eigenvalue weighted by atomic mass is 16.4. The molecule has 2 aliphatic rings. The molecule has 4 heteroatoms. The Labute approximate surface area is 165 Å². The van der Waals surface area contributed by atoms with E-state index in [0.29, 0.717) is 23.6 Å². The van der Waals surface area contributed by atoms with Crippen molar-refractivity contribution in [2.75, 3.05) is 0 Å². The second-order valence-electron chi connectivity index (χ2n) is 8.25. The van der Waals surface area contributed by atoms with Crippen molar-refractivity contribution in [3.8, 4) is 0 Å². The number of carboxylic acids is 1. The van der Waals surface area contributed by atoms with Gasteiger partial charge < -0.3 is 9.67 Å². The molecule has 1 aromatic carbocycles. The summed E-state index contributed by atoms with van der Waals surface area (Å²) in [7, 11) is 0. The third-order valence-electron chi connectivity index (χ3n) is 6.40. The average Bonchev–Trinajstić information content (AvgIpc) is 3.51. The van der Waals surface area contributed by atoms with Crippen molar-refractivity contribution in [1.82, 2.24) is 9.55 Å². The SMILES string of the molecule is CCn1c2c(c3cc(Cc4ncc(C5CC5)cc4C(=O)O)ccc31)CCCC2. The maximum Gasteiger partial charge on any atom is 0.337 e. The van der Waals surface area contributed by atoms with Gasteiger partial charge in [0.2, 0.25) is 0 Å². The summed E-state index contributed by atoms with van der Waals surface area (Å²) in [5.74, 6) is -0.364. The van der Waals surface area contributed by atoms with Crippen LogP contribution in [0.4, 0.5) is 0 Å². The molecule has 1 fully saturated rings. The van der Waals surface area contributed by atoms with Crippen LogP contribution in [0.25, 0.3) is 10.9 Å². The molecule has 1 N–H and O–H groups in total. The lowest BCUT2D eigenvalue weighted by atomic mass is 9.94. The molecule has 2 aromatic heterocycles. The summed E-state index contributed by atoms with van der Waals surface area (Å²) in [4.78, 5) is 16.4. The van der Waals surface area contributed by atoms with E-state index in [1.54, 1.807) is 0 Å². The van der Waals surface area contributed by atoms with Gasteiger partial charge in [0, 0.05) is 35.8 Å². The summed E-state index contributed by atoms with van der Waals surface area (Å²) in [5.41, 5.74) is 7.56. The molecule has 2 heterocycles. The third-order valence-corrected chi connectivity index (χ3v) is 6.40. The van der Waals surface area contributed by atoms with Crippen LogP contribution in [0.2, 0.25) is 0 Å². The summed E-state index contributed by atoms with van der Waals surface area (Å²) in [6, 6.07) is 8.47. The van der Waals surface area contributed by atoms with Crippen LogP contribution in [0.5, 0.6) is 0 Å². The van der Waals surface area contributed by atoms with E-state index in [9.17, 15) is 9.90 Å². The Kier molecular flexibility index (Phi) is 4.22. The first-order valence-corrected chi connectivity index (χ1v) is 10.5. The normalized spacial score (nSPS) is 16.3. The van der Waals surface area contributed by atoms with Gasteiger partial charge in [-0.2, -0.15) is 0 Å². The molecule has 0 aliphatic heterocycles. The molecule has 0 amide bonds. The monoisotopic (exact) mass is 374 g/mol. The van der Waals surface area contributed by atoms with Gasteiger partial charge in [-0.25, -0.2) is 4.79 Å². The van der Waals surface area contributed by atoms with Crippen molar-refractivity contribution in [1.29, 1.82) is 0 Å². The Morgan fingerprint density at radius 2 is 2.04 bits per heavy atom. The molecule has 1 saturated carbocycles. The van der Waals surface area contributed by atoms with Gasteiger partial charge >= 0.3 is 5.97 Å². The highest BCUT2D eigenvalue weighted by Gasteiger charge is 2.26. The molecule has 0 radical (unpaired) electrons. The van der Waals surface area contributed by atoms with Crippen LogP contribution in [0.15, 0.2) is 30.5 Å². The number of carboxylic acid groups (broad SMARTS) is 1. The Bertz CT molecular complexity index is 1080. The van der Waals surface area contributed by atoms with Crippen molar-refractivity contribution in [3.05, 3.63) is 64.1 Å². The van der Waals surface area contributed by atoms with Crippen molar-refractivity contribution >= 4 is 16.9 Å². The number of rotatable bonds is 5. The van der Waals surface area contributed by atoms with Crippen molar-refractivity contribution in [3.63, 3.8) is 0 Å². The first kappa shape index (κ1) is 17.5. The number of carbonyl (C=O) groups is 1. The summed E-state index contributed by atoms with van der Waals surface area (Å²) in [5, 5.41) is 11.0. The number of aromatic carboxylic acids is 1. The average molecular weight is 374 g/mol. The maximum atomic E-state index is 11.8. The van der Waals surface area contributed by atoms with E-state index < -0.39 is 5.97 Å². The van der Waals surface area contributed by atoms with Gasteiger partial charge in [-0.1, -0.05) is 6.07 Å². The number of aromatic nitrogens is 2. The molecule has 5 rings (SSSR count). The van der Waals surface area contributed by atoms with Crippen LogP contribution in [0.1, 0.15) is 77.0 Å². The molecular weight excluding hydrogens is 348 g/mol.